The van der Waals surface area contributed by atoms with E-state index >= 15 is 0 Å². The first-order valence-corrected chi connectivity index (χ1v) is 9.35. The zero-order valence-electron chi connectivity index (χ0n) is 8.78. The number of hydrogen-bond acceptors (Lipinski definition) is 6. The monoisotopic (exact) mass is 314 g/mol. The van der Waals surface area contributed by atoms with E-state index in [1.807, 2.05) is 37.4 Å². The molecule has 6 heteroatoms. The lowest BCUT2D eigenvalue weighted by atomic mass is 10.5. The number of rotatable bonds is 4. The van der Waals surface area contributed by atoms with Crippen molar-refractivity contribution in [3.8, 4) is 0 Å². The van der Waals surface area contributed by atoms with Crippen molar-refractivity contribution in [2.45, 2.75) is 17.9 Å². The molecule has 0 N–H and O–H groups in total. The molecule has 0 spiro atoms. The summed E-state index contributed by atoms with van der Waals surface area (Å²) in [7, 11) is 0. The van der Waals surface area contributed by atoms with Gasteiger partial charge in [0.15, 0.2) is 0 Å². The van der Waals surface area contributed by atoms with E-state index in [9.17, 15) is 0 Å². The van der Waals surface area contributed by atoms with Gasteiger partial charge >= 0.3 is 0 Å². The molecule has 0 aliphatic carbocycles. The summed E-state index contributed by atoms with van der Waals surface area (Å²) in [6, 6.07) is 0. The summed E-state index contributed by atoms with van der Waals surface area (Å²) in [6.45, 7) is 4.02. The van der Waals surface area contributed by atoms with E-state index in [0.717, 1.165) is 19.9 Å². The summed E-state index contributed by atoms with van der Waals surface area (Å²) in [4.78, 5) is 0. The van der Waals surface area contributed by atoms with Gasteiger partial charge in [0.05, 0.1) is 4.08 Å². The van der Waals surface area contributed by atoms with Crippen molar-refractivity contribution in [1.82, 2.24) is 0 Å². The Kier molecular flexibility index (Phi) is 6.94. The highest BCUT2D eigenvalue weighted by atomic mass is 32.2. The maximum atomic E-state index is 5.13. The highest BCUT2D eigenvalue weighted by Crippen LogP contribution is 2.48. The number of thioether (sulfide) groups is 4. The Balaban J connectivity index is 2.46. The average molecular weight is 315 g/mol. The van der Waals surface area contributed by atoms with E-state index in [1.165, 1.54) is 11.5 Å². The van der Waals surface area contributed by atoms with Crippen molar-refractivity contribution in [1.29, 1.82) is 0 Å². The Morgan fingerprint density at radius 2 is 1.47 bits per heavy atom. The van der Waals surface area contributed by atoms with E-state index in [-0.39, 0.29) is 0 Å². The molecule has 1 fully saturated rings. The number of hydrogen-bond donors (Lipinski definition) is 0. The van der Waals surface area contributed by atoms with Gasteiger partial charge in [-0.2, -0.15) is 0 Å². The largest absolute Gasteiger partial charge is 0.142 e. The van der Waals surface area contributed by atoms with E-state index in [1.54, 1.807) is 0 Å². The molecule has 15 heavy (non-hydrogen) atoms. The van der Waals surface area contributed by atoms with Crippen LogP contribution in [-0.2, 0) is 0 Å². The van der Waals surface area contributed by atoms with Crippen LogP contribution in [0.1, 0.15) is 13.8 Å². The summed E-state index contributed by atoms with van der Waals surface area (Å²) in [5.41, 5.74) is 0. The standard InChI is InChI=1S/C9H14S6/c1-7(10)12-5-9(6-13-8(2)11)14-3-4-15-9/h3-6H2,1-2H3. The van der Waals surface area contributed by atoms with Crippen LogP contribution in [0.25, 0.3) is 0 Å². The van der Waals surface area contributed by atoms with Crippen LogP contribution < -0.4 is 0 Å². The molecule has 0 atom stereocenters. The van der Waals surface area contributed by atoms with E-state index in [2.05, 4.69) is 23.5 Å². The molecule has 0 aromatic heterocycles. The Labute approximate surface area is 120 Å². The topological polar surface area (TPSA) is 0 Å². The highest BCUT2D eigenvalue weighted by Gasteiger charge is 2.35. The molecule has 1 heterocycles. The molecule has 0 aromatic rings. The quantitative estimate of drug-likeness (QED) is 0.704. The van der Waals surface area contributed by atoms with Gasteiger partial charge in [0.25, 0.3) is 0 Å². The van der Waals surface area contributed by atoms with Gasteiger partial charge in [0, 0.05) is 31.4 Å². The summed E-state index contributed by atoms with van der Waals surface area (Å²) < 4.78 is 2.44. The van der Waals surface area contributed by atoms with Crippen molar-refractivity contribution in [2.24, 2.45) is 0 Å². The Morgan fingerprint density at radius 3 is 1.80 bits per heavy atom. The first kappa shape index (κ1) is 14.6. The van der Waals surface area contributed by atoms with Crippen LogP contribution in [0.2, 0.25) is 0 Å². The van der Waals surface area contributed by atoms with E-state index < -0.39 is 0 Å². The zero-order valence-corrected chi connectivity index (χ0v) is 13.7. The Hall–Kier alpha value is 1.58. The summed E-state index contributed by atoms with van der Waals surface area (Å²) in [5, 5.41) is 0. The van der Waals surface area contributed by atoms with Crippen molar-refractivity contribution >= 4 is 79.9 Å². The third-order valence-corrected chi connectivity index (χ3v) is 8.74. The van der Waals surface area contributed by atoms with Crippen LogP contribution in [0, 0.1) is 0 Å². The molecule has 1 saturated heterocycles. The van der Waals surface area contributed by atoms with Gasteiger partial charge in [-0.25, -0.2) is 0 Å². The van der Waals surface area contributed by atoms with Crippen molar-refractivity contribution < 1.29 is 0 Å². The predicted molar refractivity (Wildman–Crippen MR) is 89.1 cm³/mol. The maximum absolute atomic E-state index is 5.13. The Bertz CT molecular complexity index is 223. The first-order valence-electron chi connectivity index (χ1n) is 4.59. The molecule has 1 aliphatic rings. The second-order valence-corrected chi connectivity index (χ2v) is 10.5. The maximum Gasteiger partial charge on any atom is 0.0798 e. The fraction of sp³-hybridized carbons (Fsp3) is 0.778. The number of thiocarbonyl (C=S) groups is 2. The lowest BCUT2D eigenvalue weighted by molar-refractivity contribution is 1.08. The predicted octanol–water partition coefficient (Wildman–Crippen LogP) is 4.32. The van der Waals surface area contributed by atoms with E-state index in [0.29, 0.717) is 4.08 Å². The lowest BCUT2D eigenvalue weighted by Crippen LogP contribution is -2.25. The Morgan fingerprint density at radius 1 is 1.07 bits per heavy atom. The molecule has 0 bridgehead atoms. The van der Waals surface area contributed by atoms with Crippen LogP contribution in [0.4, 0.5) is 0 Å². The normalized spacial score (nSPS) is 19.1. The molecular weight excluding hydrogens is 301 g/mol. The van der Waals surface area contributed by atoms with Crippen molar-refractivity contribution in [3.05, 3.63) is 0 Å². The van der Waals surface area contributed by atoms with Crippen molar-refractivity contribution in [2.75, 3.05) is 23.0 Å². The molecule has 0 nitrogen and oxygen atoms in total. The van der Waals surface area contributed by atoms with Gasteiger partial charge in [0.2, 0.25) is 0 Å². The lowest BCUT2D eigenvalue weighted by Gasteiger charge is -2.26. The fourth-order valence-corrected chi connectivity index (χ4v) is 6.95. The first-order chi connectivity index (χ1) is 7.04. The molecule has 0 saturated carbocycles. The molecular formula is C9H14S6. The van der Waals surface area contributed by atoms with Crippen LogP contribution in [-0.4, -0.2) is 35.5 Å². The van der Waals surface area contributed by atoms with Crippen LogP contribution >= 0.6 is 71.5 Å². The zero-order chi connectivity index (χ0) is 11.3. The minimum atomic E-state index is 0.343. The van der Waals surface area contributed by atoms with Gasteiger partial charge in [-0.3, -0.25) is 0 Å². The third-order valence-electron chi connectivity index (χ3n) is 1.80. The van der Waals surface area contributed by atoms with Gasteiger partial charge in [-0.15, -0.1) is 47.0 Å². The highest BCUT2D eigenvalue weighted by molar-refractivity contribution is 8.28. The minimum Gasteiger partial charge on any atom is -0.142 e. The van der Waals surface area contributed by atoms with Gasteiger partial charge in [0.1, 0.15) is 0 Å². The summed E-state index contributed by atoms with van der Waals surface area (Å²) in [6.07, 6.45) is 0. The molecule has 1 rings (SSSR count). The second kappa shape index (κ2) is 7.11. The second-order valence-electron chi connectivity index (χ2n) is 3.17. The smallest absolute Gasteiger partial charge is 0.0798 e. The van der Waals surface area contributed by atoms with Gasteiger partial charge < -0.3 is 0 Å². The fourth-order valence-electron chi connectivity index (χ4n) is 1.13. The van der Waals surface area contributed by atoms with Crippen LogP contribution in [0.5, 0.6) is 0 Å². The van der Waals surface area contributed by atoms with Gasteiger partial charge in [-0.05, 0) is 13.8 Å². The van der Waals surface area contributed by atoms with Crippen molar-refractivity contribution in [3.63, 3.8) is 0 Å². The molecule has 86 valence electrons. The average Bonchev–Trinajstić information content (AvgIpc) is 2.61. The molecule has 0 radical (unpaired) electrons. The van der Waals surface area contributed by atoms with Crippen LogP contribution in [0.15, 0.2) is 0 Å². The minimum absolute atomic E-state index is 0.343. The summed E-state index contributed by atoms with van der Waals surface area (Å²) in [5.74, 6) is 4.76. The third kappa shape index (κ3) is 5.64. The van der Waals surface area contributed by atoms with E-state index in [4.69, 9.17) is 24.4 Å². The van der Waals surface area contributed by atoms with Gasteiger partial charge in [-0.1, -0.05) is 24.4 Å². The summed E-state index contributed by atoms with van der Waals surface area (Å²) >= 11 is 18.0. The molecule has 0 unspecified atom stereocenters. The molecule has 0 amide bonds. The van der Waals surface area contributed by atoms with Crippen LogP contribution in [0.3, 0.4) is 0 Å². The molecule has 0 aromatic carbocycles. The molecule has 1 aliphatic heterocycles. The SMILES string of the molecule is CC(=S)SCC1(CSC(C)=S)SCCS1.